The third-order valence-corrected chi connectivity index (χ3v) is 7.58. The quantitative estimate of drug-likeness (QED) is 0.588. The summed E-state index contributed by atoms with van der Waals surface area (Å²) in [7, 11) is -1.45. The maximum absolute atomic E-state index is 12.3. The monoisotopic (exact) mass is 419 g/mol. The van der Waals surface area contributed by atoms with E-state index in [0.717, 1.165) is 23.1 Å². The minimum absolute atomic E-state index is 0.135. The number of benzene rings is 1. The van der Waals surface area contributed by atoms with Crippen LogP contribution < -0.4 is 10.1 Å². The Hall–Kier alpha value is -2.55. The van der Waals surface area contributed by atoms with Gasteiger partial charge < -0.3 is 15.0 Å². The molecule has 0 atom stereocenters. The predicted molar refractivity (Wildman–Crippen MR) is 114 cm³/mol. The van der Waals surface area contributed by atoms with Crippen molar-refractivity contribution in [2.75, 3.05) is 32.5 Å². The molecule has 1 aromatic heterocycles. The van der Waals surface area contributed by atoms with Gasteiger partial charge in [-0.2, -0.15) is 5.10 Å². The zero-order valence-electron chi connectivity index (χ0n) is 17.4. The van der Waals surface area contributed by atoms with Crippen LogP contribution in [0.3, 0.4) is 0 Å². The number of hydrogen-bond acceptors (Lipinski definition) is 5. The maximum Gasteiger partial charge on any atom is 0.194 e. The van der Waals surface area contributed by atoms with Crippen LogP contribution in [-0.4, -0.2) is 66.3 Å². The van der Waals surface area contributed by atoms with Gasteiger partial charge >= 0.3 is 0 Å². The third kappa shape index (κ3) is 4.72. The zero-order chi connectivity index (χ0) is 21.1. The number of aliphatic imine (C=N–C) groups is 1. The van der Waals surface area contributed by atoms with E-state index in [1.165, 1.54) is 0 Å². The average molecular weight is 420 g/mol. The lowest BCUT2D eigenvalue weighted by molar-refractivity contribution is 0.353. The van der Waals surface area contributed by atoms with Crippen LogP contribution in [0, 0.1) is 0 Å². The van der Waals surface area contributed by atoms with E-state index in [4.69, 9.17) is 9.73 Å². The Kier molecular flexibility index (Phi) is 6.16. The van der Waals surface area contributed by atoms with E-state index in [0.29, 0.717) is 26.2 Å². The SMILES string of the molecule is CCNC(=NCc1ccn(-c2ccc(OC)cc2)n1)N1CCS(=O)(=O)C(C)(C)C1. The van der Waals surface area contributed by atoms with E-state index in [1.807, 2.05) is 48.4 Å². The average Bonchev–Trinajstić information content (AvgIpc) is 3.16. The molecule has 2 heterocycles. The van der Waals surface area contributed by atoms with Crippen LogP contribution in [0.4, 0.5) is 0 Å². The first-order chi connectivity index (χ1) is 13.8. The molecule has 3 rings (SSSR count). The molecule has 2 aromatic rings. The van der Waals surface area contributed by atoms with E-state index in [2.05, 4.69) is 10.4 Å². The number of nitrogens with zero attached hydrogens (tertiary/aromatic N) is 4. The highest BCUT2D eigenvalue weighted by molar-refractivity contribution is 7.92. The smallest absolute Gasteiger partial charge is 0.194 e. The molecule has 0 amide bonds. The minimum Gasteiger partial charge on any atom is -0.497 e. The van der Waals surface area contributed by atoms with Gasteiger partial charge in [-0.3, -0.25) is 0 Å². The van der Waals surface area contributed by atoms with E-state index in [-0.39, 0.29) is 5.75 Å². The fourth-order valence-electron chi connectivity index (χ4n) is 3.23. The molecule has 29 heavy (non-hydrogen) atoms. The Morgan fingerprint density at radius 2 is 2.00 bits per heavy atom. The summed E-state index contributed by atoms with van der Waals surface area (Å²) >= 11 is 0. The van der Waals surface area contributed by atoms with Crippen molar-refractivity contribution in [2.24, 2.45) is 4.99 Å². The summed E-state index contributed by atoms with van der Waals surface area (Å²) in [5.74, 6) is 1.65. The summed E-state index contributed by atoms with van der Waals surface area (Å²) in [4.78, 5) is 6.71. The maximum atomic E-state index is 12.3. The van der Waals surface area contributed by atoms with Crippen molar-refractivity contribution in [3.05, 3.63) is 42.2 Å². The van der Waals surface area contributed by atoms with Crippen molar-refractivity contribution >= 4 is 15.8 Å². The van der Waals surface area contributed by atoms with Gasteiger partial charge in [0.15, 0.2) is 15.8 Å². The first-order valence-electron chi connectivity index (χ1n) is 9.70. The fraction of sp³-hybridized carbons (Fsp3) is 0.500. The van der Waals surface area contributed by atoms with Crippen molar-refractivity contribution in [1.82, 2.24) is 20.0 Å². The molecule has 0 bridgehead atoms. The number of hydrogen-bond donors (Lipinski definition) is 1. The van der Waals surface area contributed by atoms with Gasteiger partial charge in [-0.15, -0.1) is 0 Å². The van der Waals surface area contributed by atoms with Gasteiger partial charge in [0, 0.05) is 25.8 Å². The molecule has 1 fully saturated rings. The molecular weight excluding hydrogens is 390 g/mol. The lowest BCUT2D eigenvalue weighted by Crippen LogP contribution is -2.57. The molecule has 0 saturated carbocycles. The molecule has 1 aliphatic heterocycles. The van der Waals surface area contributed by atoms with Gasteiger partial charge in [0.25, 0.3) is 0 Å². The van der Waals surface area contributed by atoms with Gasteiger partial charge in [0.05, 0.1) is 35.5 Å². The van der Waals surface area contributed by atoms with Crippen LogP contribution in [-0.2, 0) is 16.4 Å². The summed E-state index contributed by atoms with van der Waals surface area (Å²) in [6, 6.07) is 9.61. The highest BCUT2D eigenvalue weighted by atomic mass is 32.2. The number of methoxy groups -OCH3 is 1. The van der Waals surface area contributed by atoms with E-state index in [1.54, 1.807) is 25.6 Å². The zero-order valence-corrected chi connectivity index (χ0v) is 18.2. The highest BCUT2D eigenvalue weighted by Crippen LogP contribution is 2.24. The molecule has 0 radical (unpaired) electrons. The van der Waals surface area contributed by atoms with Crippen LogP contribution in [0.5, 0.6) is 5.75 Å². The molecule has 1 aromatic carbocycles. The second-order valence-corrected chi connectivity index (χ2v) is 10.4. The Morgan fingerprint density at radius 1 is 1.28 bits per heavy atom. The first kappa shape index (κ1) is 21.2. The van der Waals surface area contributed by atoms with E-state index in [9.17, 15) is 8.42 Å². The summed E-state index contributed by atoms with van der Waals surface area (Å²) in [5, 5.41) is 7.86. The van der Waals surface area contributed by atoms with Crippen LogP contribution in [0.1, 0.15) is 26.5 Å². The number of aromatic nitrogens is 2. The van der Waals surface area contributed by atoms with Crippen LogP contribution in [0.25, 0.3) is 5.69 Å². The Labute approximate surface area is 172 Å². The summed E-state index contributed by atoms with van der Waals surface area (Å²) in [5.41, 5.74) is 1.77. The van der Waals surface area contributed by atoms with Crippen molar-refractivity contribution in [1.29, 1.82) is 0 Å². The molecule has 0 unspecified atom stereocenters. The van der Waals surface area contributed by atoms with Gasteiger partial charge in [0.2, 0.25) is 0 Å². The molecule has 8 nitrogen and oxygen atoms in total. The second kappa shape index (κ2) is 8.44. The first-order valence-corrected chi connectivity index (χ1v) is 11.4. The Bertz CT molecular complexity index is 964. The molecule has 1 aliphatic rings. The highest BCUT2D eigenvalue weighted by Gasteiger charge is 2.40. The van der Waals surface area contributed by atoms with Crippen LogP contribution in [0.2, 0.25) is 0 Å². The lowest BCUT2D eigenvalue weighted by atomic mass is 10.2. The topological polar surface area (TPSA) is 88.8 Å². The van der Waals surface area contributed by atoms with Gasteiger partial charge in [-0.25, -0.2) is 18.1 Å². The third-order valence-electron chi connectivity index (χ3n) is 5.05. The predicted octanol–water partition coefficient (Wildman–Crippen LogP) is 1.86. The molecule has 9 heteroatoms. The molecule has 1 N–H and O–H groups in total. The molecular formula is C20H29N5O3S. The summed E-state index contributed by atoms with van der Waals surface area (Å²) < 4.78 is 30.7. The van der Waals surface area contributed by atoms with Crippen molar-refractivity contribution < 1.29 is 13.2 Å². The largest absolute Gasteiger partial charge is 0.497 e. The number of nitrogens with one attached hydrogen (secondary N) is 1. The second-order valence-electron chi connectivity index (χ2n) is 7.62. The summed E-state index contributed by atoms with van der Waals surface area (Å²) in [6.07, 6.45) is 1.90. The van der Waals surface area contributed by atoms with E-state index < -0.39 is 14.6 Å². The van der Waals surface area contributed by atoms with Crippen molar-refractivity contribution in [2.45, 2.75) is 32.1 Å². The van der Waals surface area contributed by atoms with Gasteiger partial charge in [0.1, 0.15) is 5.75 Å². The normalized spacial score (nSPS) is 18.5. The lowest BCUT2D eigenvalue weighted by Gasteiger charge is -2.39. The summed E-state index contributed by atoms with van der Waals surface area (Å²) in [6.45, 7) is 7.53. The molecule has 1 saturated heterocycles. The van der Waals surface area contributed by atoms with Gasteiger partial charge in [-0.05, 0) is 51.1 Å². The van der Waals surface area contributed by atoms with Crippen molar-refractivity contribution in [3.8, 4) is 11.4 Å². The number of ether oxygens (including phenoxy) is 1. The minimum atomic E-state index is -3.09. The number of guanidine groups is 1. The standard InChI is InChI=1S/C20H29N5O3S/c1-5-21-19(24-12-13-29(26,27)20(2,3)15-24)22-14-16-10-11-25(23-16)17-6-8-18(28-4)9-7-17/h6-11H,5,12-15H2,1-4H3,(H,21,22). The van der Waals surface area contributed by atoms with Crippen LogP contribution >= 0.6 is 0 Å². The molecule has 158 valence electrons. The molecule has 0 aliphatic carbocycles. The van der Waals surface area contributed by atoms with Crippen molar-refractivity contribution in [3.63, 3.8) is 0 Å². The number of sulfone groups is 1. The van der Waals surface area contributed by atoms with Crippen LogP contribution in [0.15, 0.2) is 41.5 Å². The van der Waals surface area contributed by atoms with E-state index >= 15 is 0 Å². The fourth-order valence-corrected chi connectivity index (χ4v) is 4.60. The Morgan fingerprint density at radius 3 is 2.62 bits per heavy atom. The molecule has 0 spiro atoms. The Balaban J connectivity index is 1.73. The van der Waals surface area contributed by atoms with Gasteiger partial charge in [-0.1, -0.05) is 0 Å². The number of rotatable bonds is 5.